The molecular formula is C24H26N4O4. The molecule has 0 saturated heterocycles. The quantitative estimate of drug-likeness (QED) is 0.450. The van der Waals surface area contributed by atoms with Crippen LogP contribution in [0.15, 0.2) is 73.1 Å². The summed E-state index contributed by atoms with van der Waals surface area (Å²) in [4.78, 5) is 24.7. The van der Waals surface area contributed by atoms with E-state index in [1.807, 2.05) is 42.5 Å². The van der Waals surface area contributed by atoms with Crippen LogP contribution in [0.2, 0.25) is 0 Å². The second kappa shape index (κ2) is 11.7. The van der Waals surface area contributed by atoms with Gasteiger partial charge < -0.3 is 20.5 Å². The number of aromatic nitrogens is 2. The van der Waals surface area contributed by atoms with Crippen LogP contribution in [0.1, 0.15) is 27.6 Å². The van der Waals surface area contributed by atoms with Gasteiger partial charge in [-0.15, -0.1) is 0 Å². The first-order valence-corrected chi connectivity index (χ1v) is 10.4. The van der Waals surface area contributed by atoms with Crippen molar-refractivity contribution in [3.63, 3.8) is 0 Å². The molecule has 0 aliphatic heterocycles. The lowest BCUT2D eigenvalue weighted by Crippen LogP contribution is -2.46. The van der Waals surface area contributed by atoms with Crippen molar-refractivity contribution in [1.29, 1.82) is 0 Å². The third-order valence-corrected chi connectivity index (χ3v) is 4.85. The zero-order valence-electron chi connectivity index (χ0n) is 17.8. The van der Waals surface area contributed by atoms with E-state index < -0.39 is 12.2 Å². The lowest BCUT2D eigenvalue weighted by molar-refractivity contribution is -0.0287. The van der Waals surface area contributed by atoms with Gasteiger partial charge in [0.15, 0.2) is 0 Å². The highest BCUT2D eigenvalue weighted by Gasteiger charge is 2.21. The molecule has 32 heavy (non-hydrogen) atoms. The van der Waals surface area contributed by atoms with Crippen LogP contribution in [0.5, 0.6) is 0 Å². The van der Waals surface area contributed by atoms with Crippen molar-refractivity contribution in [2.75, 3.05) is 19.7 Å². The van der Waals surface area contributed by atoms with Gasteiger partial charge in [0.05, 0.1) is 24.1 Å². The van der Waals surface area contributed by atoms with Gasteiger partial charge in [-0.05, 0) is 36.2 Å². The SMILES string of the molecule is CCO[C@H](CNC(=O)c1ccnnc1)[C@@H](O)CNC(=O)c1ccc(-c2ccccc2)cc1. The zero-order chi connectivity index (χ0) is 22.8. The molecule has 3 N–H and O–H groups in total. The average Bonchev–Trinajstić information content (AvgIpc) is 2.85. The molecule has 8 heteroatoms. The highest BCUT2D eigenvalue weighted by atomic mass is 16.5. The molecule has 0 spiro atoms. The maximum absolute atomic E-state index is 12.5. The van der Waals surface area contributed by atoms with Gasteiger partial charge in [-0.2, -0.15) is 10.2 Å². The number of carbonyl (C=O) groups excluding carboxylic acids is 2. The van der Waals surface area contributed by atoms with Crippen LogP contribution < -0.4 is 10.6 Å². The summed E-state index contributed by atoms with van der Waals surface area (Å²) in [7, 11) is 0. The summed E-state index contributed by atoms with van der Waals surface area (Å²) in [6.45, 7) is 2.21. The molecule has 0 aliphatic carbocycles. The Morgan fingerprint density at radius 1 is 0.875 bits per heavy atom. The zero-order valence-corrected chi connectivity index (χ0v) is 17.8. The van der Waals surface area contributed by atoms with Gasteiger partial charge in [-0.25, -0.2) is 0 Å². The number of carbonyl (C=O) groups is 2. The smallest absolute Gasteiger partial charge is 0.253 e. The van der Waals surface area contributed by atoms with Crippen molar-refractivity contribution in [3.05, 3.63) is 84.2 Å². The minimum Gasteiger partial charge on any atom is -0.388 e. The van der Waals surface area contributed by atoms with Gasteiger partial charge in [-0.3, -0.25) is 9.59 Å². The Kier molecular flexibility index (Phi) is 8.42. The van der Waals surface area contributed by atoms with Crippen molar-refractivity contribution >= 4 is 11.8 Å². The normalized spacial score (nSPS) is 12.6. The van der Waals surface area contributed by atoms with Crippen molar-refractivity contribution in [1.82, 2.24) is 20.8 Å². The molecule has 2 atom stereocenters. The Labute approximate surface area is 186 Å². The van der Waals surface area contributed by atoms with Gasteiger partial charge >= 0.3 is 0 Å². The predicted octanol–water partition coefficient (Wildman–Crippen LogP) is 2.07. The van der Waals surface area contributed by atoms with Crippen LogP contribution in [0.25, 0.3) is 11.1 Å². The highest BCUT2D eigenvalue weighted by Crippen LogP contribution is 2.19. The minimum atomic E-state index is -1.00. The van der Waals surface area contributed by atoms with Crippen LogP contribution in [0.3, 0.4) is 0 Å². The largest absolute Gasteiger partial charge is 0.388 e. The summed E-state index contributed by atoms with van der Waals surface area (Å²) in [5.74, 6) is -0.648. The molecule has 8 nitrogen and oxygen atoms in total. The fourth-order valence-corrected chi connectivity index (χ4v) is 3.12. The number of aliphatic hydroxyl groups is 1. The number of benzene rings is 2. The first-order valence-electron chi connectivity index (χ1n) is 10.4. The fourth-order valence-electron chi connectivity index (χ4n) is 3.12. The summed E-state index contributed by atoms with van der Waals surface area (Å²) in [5, 5.41) is 23.2. The highest BCUT2D eigenvalue weighted by molar-refractivity contribution is 5.95. The number of ether oxygens (including phenoxy) is 1. The molecule has 0 radical (unpaired) electrons. The monoisotopic (exact) mass is 434 g/mol. The van der Waals surface area contributed by atoms with Crippen LogP contribution in [-0.4, -0.2) is 59.0 Å². The molecule has 0 saturated carbocycles. The minimum absolute atomic E-state index is 0.0172. The first kappa shape index (κ1) is 23.1. The lowest BCUT2D eigenvalue weighted by Gasteiger charge is -2.23. The van der Waals surface area contributed by atoms with Crippen LogP contribution in [0, 0.1) is 0 Å². The Morgan fingerprint density at radius 3 is 2.19 bits per heavy atom. The summed E-state index contributed by atoms with van der Waals surface area (Å²) < 4.78 is 5.55. The van der Waals surface area contributed by atoms with Gasteiger partial charge in [0.1, 0.15) is 6.10 Å². The number of nitrogens with one attached hydrogen (secondary N) is 2. The van der Waals surface area contributed by atoms with Gasteiger partial charge in [0.2, 0.25) is 0 Å². The van der Waals surface area contributed by atoms with E-state index in [1.54, 1.807) is 19.1 Å². The molecule has 2 amide bonds. The Hall–Kier alpha value is -3.62. The Balaban J connectivity index is 1.52. The maximum atomic E-state index is 12.5. The lowest BCUT2D eigenvalue weighted by atomic mass is 10.0. The van der Waals surface area contributed by atoms with E-state index in [0.29, 0.717) is 17.7 Å². The van der Waals surface area contributed by atoms with Crippen LogP contribution in [-0.2, 0) is 4.74 Å². The topological polar surface area (TPSA) is 113 Å². The van der Waals surface area contributed by atoms with Gasteiger partial charge in [0.25, 0.3) is 11.8 Å². The van der Waals surface area contributed by atoms with Crippen molar-refractivity contribution in [3.8, 4) is 11.1 Å². The first-order chi connectivity index (χ1) is 15.6. The number of aliphatic hydroxyl groups excluding tert-OH is 1. The molecule has 3 rings (SSSR count). The summed E-state index contributed by atoms with van der Waals surface area (Å²) >= 11 is 0. The van der Waals surface area contributed by atoms with Crippen molar-refractivity contribution < 1.29 is 19.4 Å². The van der Waals surface area contributed by atoms with Gasteiger partial charge in [0, 0.05) is 25.3 Å². The van der Waals surface area contributed by atoms with Crippen LogP contribution >= 0.6 is 0 Å². The molecule has 3 aromatic rings. The third-order valence-electron chi connectivity index (χ3n) is 4.85. The Bertz CT molecular complexity index is 998. The molecular weight excluding hydrogens is 408 g/mol. The molecule has 2 aromatic carbocycles. The van der Waals surface area contributed by atoms with Crippen molar-refractivity contribution in [2.45, 2.75) is 19.1 Å². The third kappa shape index (κ3) is 6.44. The molecule has 166 valence electrons. The van der Waals surface area contributed by atoms with E-state index in [-0.39, 0.29) is 24.9 Å². The van der Waals surface area contributed by atoms with E-state index in [1.165, 1.54) is 18.5 Å². The molecule has 1 aromatic heterocycles. The second-order valence-electron chi connectivity index (χ2n) is 7.06. The standard InChI is InChI=1S/C24H26N4O4/c1-2-32-22(16-26-24(31)20-12-13-27-28-14-20)21(29)15-25-23(30)19-10-8-18(9-11-19)17-6-4-3-5-7-17/h3-14,21-22,29H,2,15-16H2,1H3,(H,25,30)(H,26,31)/t21-,22+/m0/s1. The summed E-state index contributed by atoms with van der Waals surface area (Å²) in [6.07, 6.45) is 1.09. The molecule has 0 aliphatic rings. The molecule has 0 unspecified atom stereocenters. The van der Waals surface area contributed by atoms with E-state index in [0.717, 1.165) is 11.1 Å². The molecule has 1 heterocycles. The fraction of sp³-hybridized carbons (Fsp3) is 0.250. The number of amides is 2. The van der Waals surface area contributed by atoms with Gasteiger partial charge in [-0.1, -0.05) is 42.5 Å². The summed E-state index contributed by atoms with van der Waals surface area (Å²) in [5.41, 5.74) is 2.93. The maximum Gasteiger partial charge on any atom is 0.253 e. The summed E-state index contributed by atoms with van der Waals surface area (Å²) in [6, 6.07) is 18.7. The van der Waals surface area contributed by atoms with E-state index >= 15 is 0 Å². The number of rotatable bonds is 10. The average molecular weight is 434 g/mol. The predicted molar refractivity (Wildman–Crippen MR) is 120 cm³/mol. The second-order valence-corrected chi connectivity index (χ2v) is 7.06. The molecule has 0 bridgehead atoms. The van der Waals surface area contributed by atoms with Crippen LogP contribution in [0.4, 0.5) is 0 Å². The number of nitrogens with zero attached hydrogens (tertiary/aromatic N) is 2. The van der Waals surface area contributed by atoms with E-state index in [9.17, 15) is 14.7 Å². The number of hydrogen-bond acceptors (Lipinski definition) is 6. The molecule has 0 fully saturated rings. The Morgan fingerprint density at radius 2 is 1.53 bits per heavy atom. The van der Waals surface area contributed by atoms with E-state index in [2.05, 4.69) is 20.8 Å². The van der Waals surface area contributed by atoms with Crippen molar-refractivity contribution in [2.24, 2.45) is 0 Å². The van der Waals surface area contributed by atoms with E-state index in [4.69, 9.17) is 4.74 Å². The number of hydrogen-bond donors (Lipinski definition) is 3.